The van der Waals surface area contributed by atoms with Gasteiger partial charge in [0.15, 0.2) is 0 Å². The number of benzene rings is 1. The van der Waals surface area contributed by atoms with E-state index in [1.54, 1.807) is 24.4 Å². The highest BCUT2D eigenvalue weighted by Crippen LogP contribution is 2.27. The zero-order valence-corrected chi connectivity index (χ0v) is 13.5. The van der Waals surface area contributed by atoms with Gasteiger partial charge in [0.25, 0.3) is 5.56 Å². The number of aromatic amines is 1. The molecule has 1 saturated heterocycles. The average Bonchev–Trinajstić information content (AvgIpc) is 2.98. The number of halogens is 1. The van der Waals surface area contributed by atoms with Crippen molar-refractivity contribution in [1.29, 1.82) is 0 Å². The molecule has 1 fully saturated rings. The van der Waals surface area contributed by atoms with Crippen molar-refractivity contribution in [3.63, 3.8) is 0 Å². The van der Waals surface area contributed by atoms with E-state index >= 15 is 0 Å². The largest absolute Gasteiger partial charge is 0.274 e. The van der Waals surface area contributed by atoms with E-state index in [0.717, 1.165) is 4.90 Å². The number of imide groups is 1. The fourth-order valence-electron chi connectivity index (χ4n) is 3.05. The van der Waals surface area contributed by atoms with Crippen LogP contribution in [0.3, 0.4) is 0 Å². The zero-order chi connectivity index (χ0) is 18.3. The predicted molar refractivity (Wildman–Crippen MR) is 91.1 cm³/mol. The quantitative estimate of drug-likeness (QED) is 0.724. The van der Waals surface area contributed by atoms with Gasteiger partial charge in [-0.3, -0.25) is 19.4 Å². The van der Waals surface area contributed by atoms with Crippen molar-refractivity contribution in [3.8, 4) is 0 Å². The van der Waals surface area contributed by atoms with Crippen molar-refractivity contribution in [3.05, 3.63) is 64.0 Å². The van der Waals surface area contributed by atoms with Gasteiger partial charge in [0, 0.05) is 25.5 Å². The summed E-state index contributed by atoms with van der Waals surface area (Å²) in [6, 6.07) is 7.51. The highest BCUT2D eigenvalue weighted by Gasteiger charge is 2.32. The van der Waals surface area contributed by atoms with E-state index in [4.69, 9.17) is 0 Å². The highest BCUT2D eigenvalue weighted by molar-refractivity contribution is 6.19. The number of rotatable bonds is 3. The Labute approximate surface area is 146 Å². The summed E-state index contributed by atoms with van der Waals surface area (Å²) in [4.78, 5) is 40.7. The smallest absolute Gasteiger partial charge is 0.273 e. The molecule has 0 atom stereocenters. The second-order valence-corrected chi connectivity index (χ2v) is 5.98. The molecule has 0 bridgehead atoms. The molecule has 0 radical (unpaired) electrons. The number of anilines is 1. The maximum atomic E-state index is 14.2. The maximum absolute atomic E-state index is 14.2. The minimum Gasteiger partial charge on any atom is -0.274 e. The van der Waals surface area contributed by atoms with Crippen molar-refractivity contribution in [2.75, 3.05) is 4.90 Å². The Kier molecular flexibility index (Phi) is 3.80. The molecule has 1 N–H and O–H groups in total. The number of hydrogen-bond donors (Lipinski definition) is 1. The van der Waals surface area contributed by atoms with Gasteiger partial charge < -0.3 is 0 Å². The third kappa shape index (κ3) is 2.65. The number of fused-ring (bicyclic) bond motifs is 1. The van der Waals surface area contributed by atoms with Crippen LogP contribution in [0, 0.1) is 5.82 Å². The maximum Gasteiger partial charge on any atom is 0.273 e. The minimum absolute atomic E-state index is 0.0586. The molecule has 26 heavy (non-hydrogen) atoms. The van der Waals surface area contributed by atoms with Crippen molar-refractivity contribution >= 4 is 28.4 Å². The lowest BCUT2D eigenvalue weighted by Gasteiger charge is -2.16. The molecular weight excluding hydrogens is 339 g/mol. The normalized spacial score (nSPS) is 14.4. The third-order valence-corrected chi connectivity index (χ3v) is 4.29. The number of amides is 2. The standard InChI is InChI=1S/C18H13FN4O3/c19-12-4-3-10(9-14(12)23-15(24)5-6-16(23)25)8-13-17-11(2-1-7-20-17)18(26)22-21-13/h1-4,7,9H,5-6,8H2,(H,22,26). The molecule has 3 aromatic rings. The topological polar surface area (TPSA) is 96.0 Å². The summed E-state index contributed by atoms with van der Waals surface area (Å²) < 4.78 is 14.2. The number of pyridine rings is 1. The molecule has 1 aromatic carbocycles. The van der Waals surface area contributed by atoms with E-state index < -0.39 is 17.6 Å². The van der Waals surface area contributed by atoms with E-state index in [1.165, 1.54) is 12.1 Å². The molecule has 0 spiro atoms. The lowest BCUT2D eigenvalue weighted by Crippen LogP contribution is -2.29. The fraction of sp³-hybridized carbons (Fsp3) is 0.167. The van der Waals surface area contributed by atoms with Gasteiger partial charge in [-0.2, -0.15) is 5.10 Å². The highest BCUT2D eigenvalue weighted by atomic mass is 19.1. The monoisotopic (exact) mass is 352 g/mol. The fourth-order valence-corrected chi connectivity index (χ4v) is 3.05. The van der Waals surface area contributed by atoms with Gasteiger partial charge in [0.1, 0.15) is 5.82 Å². The summed E-state index contributed by atoms with van der Waals surface area (Å²) in [5.41, 5.74) is 1.20. The Morgan fingerprint density at radius 2 is 1.88 bits per heavy atom. The van der Waals surface area contributed by atoms with E-state index in [1.807, 2.05) is 0 Å². The van der Waals surface area contributed by atoms with Crippen LogP contribution in [0.5, 0.6) is 0 Å². The Morgan fingerprint density at radius 1 is 1.12 bits per heavy atom. The molecule has 4 rings (SSSR count). The molecule has 130 valence electrons. The van der Waals surface area contributed by atoms with E-state index in [0.29, 0.717) is 22.2 Å². The molecule has 0 unspecified atom stereocenters. The first-order valence-corrected chi connectivity index (χ1v) is 8.01. The van der Waals surface area contributed by atoms with Crippen molar-refractivity contribution < 1.29 is 14.0 Å². The lowest BCUT2D eigenvalue weighted by molar-refractivity contribution is -0.121. The Balaban J connectivity index is 1.76. The molecule has 2 aromatic heterocycles. The number of carbonyl (C=O) groups excluding carboxylic acids is 2. The molecule has 3 heterocycles. The zero-order valence-electron chi connectivity index (χ0n) is 13.5. The Morgan fingerprint density at radius 3 is 2.65 bits per heavy atom. The van der Waals surface area contributed by atoms with Crippen molar-refractivity contribution in [1.82, 2.24) is 15.2 Å². The van der Waals surface area contributed by atoms with Crippen LogP contribution in [-0.2, 0) is 16.0 Å². The molecule has 8 heteroatoms. The van der Waals surface area contributed by atoms with Crippen LogP contribution in [0.1, 0.15) is 24.1 Å². The van der Waals surface area contributed by atoms with Crippen LogP contribution in [0.2, 0.25) is 0 Å². The number of hydrogen-bond acceptors (Lipinski definition) is 5. The Hall–Kier alpha value is -3.42. The van der Waals surface area contributed by atoms with Crippen LogP contribution >= 0.6 is 0 Å². The van der Waals surface area contributed by atoms with Gasteiger partial charge in [-0.25, -0.2) is 14.4 Å². The van der Waals surface area contributed by atoms with E-state index in [-0.39, 0.29) is 30.5 Å². The SMILES string of the molecule is O=C1CCC(=O)N1c1cc(Cc2n[nH]c(=O)c3cccnc23)ccc1F. The van der Waals surface area contributed by atoms with Gasteiger partial charge in [-0.15, -0.1) is 0 Å². The second kappa shape index (κ2) is 6.14. The number of H-pyrrole nitrogens is 1. The first kappa shape index (κ1) is 16.1. The molecule has 1 aliphatic heterocycles. The molecule has 0 aliphatic carbocycles. The summed E-state index contributed by atoms with van der Waals surface area (Å²) >= 11 is 0. The molecule has 2 amide bonds. The molecule has 1 aliphatic rings. The van der Waals surface area contributed by atoms with Crippen LogP contribution in [0.15, 0.2) is 41.3 Å². The summed E-state index contributed by atoms with van der Waals surface area (Å²) in [7, 11) is 0. The van der Waals surface area contributed by atoms with E-state index in [9.17, 15) is 18.8 Å². The summed E-state index contributed by atoms with van der Waals surface area (Å²) in [6.07, 6.45) is 1.98. The van der Waals surface area contributed by atoms with Crippen LogP contribution < -0.4 is 10.5 Å². The summed E-state index contributed by atoms with van der Waals surface area (Å²) in [5.74, 6) is -1.48. The number of nitrogens with one attached hydrogen (secondary N) is 1. The van der Waals surface area contributed by atoms with Gasteiger partial charge in [-0.05, 0) is 29.8 Å². The minimum atomic E-state index is -0.644. The molecule has 7 nitrogen and oxygen atoms in total. The van der Waals surface area contributed by atoms with E-state index in [2.05, 4.69) is 15.2 Å². The summed E-state index contributed by atoms with van der Waals surface area (Å²) in [6.45, 7) is 0. The van der Waals surface area contributed by atoms with Gasteiger partial charge in [0.05, 0.1) is 22.3 Å². The first-order chi connectivity index (χ1) is 12.5. The van der Waals surface area contributed by atoms with Crippen molar-refractivity contribution in [2.45, 2.75) is 19.3 Å². The lowest BCUT2D eigenvalue weighted by atomic mass is 10.1. The van der Waals surface area contributed by atoms with Crippen LogP contribution in [0.25, 0.3) is 10.9 Å². The third-order valence-electron chi connectivity index (χ3n) is 4.29. The number of aromatic nitrogens is 3. The number of nitrogens with zero attached hydrogens (tertiary/aromatic N) is 3. The van der Waals surface area contributed by atoms with Crippen LogP contribution in [-0.4, -0.2) is 27.0 Å². The summed E-state index contributed by atoms with van der Waals surface area (Å²) in [5, 5.41) is 6.87. The molecule has 0 saturated carbocycles. The van der Waals surface area contributed by atoms with Gasteiger partial charge in [-0.1, -0.05) is 6.07 Å². The average molecular weight is 352 g/mol. The van der Waals surface area contributed by atoms with Crippen LogP contribution in [0.4, 0.5) is 10.1 Å². The second-order valence-electron chi connectivity index (χ2n) is 5.98. The van der Waals surface area contributed by atoms with Crippen molar-refractivity contribution in [2.24, 2.45) is 0 Å². The van der Waals surface area contributed by atoms with Gasteiger partial charge >= 0.3 is 0 Å². The Bertz CT molecular complexity index is 1090. The first-order valence-electron chi connectivity index (χ1n) is 8.01. The van der Waals surface area contributed by atoms with Gasteiger partial charge in [0.2, 0.25) is 11.8 Å². The molecular formula is C18H13FN4O3. The predicted octanol–water partition coefficient (Wildman–Crippen LogP) is 1.70. The number of carbonyl (C=O) groups is 2.